The summed E-state index contributed by atoms with van der Waals surface area (Å²) in [6, 6.07) is 6.18. The van der Waals surface area contributed by atoms with Crippen LogP contribution in [0.1, 0.15) is 26.1 Å². The Labute approximate surface area is 174 Å². The zero-order valence-corrected chi connectivity index (χ0v) is 17.6. The van der Waals surface area contributed by atoms with Gasteiger partial charge in [-0.1, -0.05) is 30.0 Å². The van der Waals surface area contributed by atoms with E-state index in [1.54, 1.807) is 28.8 Å². The molecule has 158 valence electrons. The Balaban J connectivity index is 1.85. The largest absolute Gasteiger partial charge is 0.483 e. The molecule has 0 radical (unpaired) electrons. The Kier molecular flexibility index (Phi) is 9.66. The smallest absolute Gasteiger partial charge is 0.230 e. The van der Waals surface area contributed by atoms with E-state index < -0.39 is 5.82 Å². The highest BCUT2D eigenvalue weighted by Gasteiger charge is 2.14. The van der Waals surface area contributed by atoms with Crippen LogP contribution in [-0.2, 0) is 22.7 Å². The van der Waals surface area contributed by atoms with Gasteiger partial charge in [0.25, 0.3) is 0 Å². The van der Waals surface area contributed by atoms with Gasteiger partial charge >= 0.3 is 0 Å². The molecule has 0 aliphatic carbocycles. The second-order valence-corrected chi connectivity index (χ2v) is 7.37. The molecule has 2 rings (SSSR count). The molecular formula is C20H27FN4O3S. The van der Waals surface area contributed by atoms with Crippen molar-refractivity contribution in [3.8, 4) is 5.75 Å². The molecule has 0 atom stereocenters. The first-order valence-corrected chi connectivity index (χ1v) is 10.4. The summed E-state index contributed by atoms with van der Waals surface area (Å²) in [6.07, 6.45) is 2.65. The maximum atomic E-state index is 13.7. The standard InChI is InChI=1S/C20H27FN4O3S/c1-4-11-25-18(13-28-17-9-6-5-8-16(17)21)23-24-20(25)29-14-19(26)22-10-7-12-27-15(2)3/h4-6,8-9,15H,1,7,10-14H2,2-3H3,(H,22,26). The molecule has 2 aromatic rings. The molecule has 1 aromatic heterocycles. The predicted octanol–water partition coefficient (Wildman–Crippen LogP) is 3.21. The summed E-state index contributed by atoms with van der Waals surface area (Å²) in [4.78, 5) is 12.0. The molecule has 0 saturated heterocycles. The van der Waals surface area contributed by atoms with Crippen LogP contribution in [0.4, 0.5) is 4.39 Å². The number of halogens is 1. The molecule has 0 aliphatic heterocycles. The molecule has 29 heavy (non-hydrogen) atoms. The van der Waals surface area contributed by atoms with Crippen LogP contribution in [-0.4, -0.2) is 45.7 Å². The fourth-order valence-corrected chi connectivity index (χ4v) is 3.15. The number of benzene rings is 1. The summed E-state index contributed by atoms with van der Waals surface area (Å²) in [7, 11) is 0. The van der Waals surface area contributed by atoms with Gasteiger partial charge in [-0.3, -0.25) is 9.36 Å². The lowest BCUT2D eigenvalue weighted by Gasteiger charge is -2.10. The van der Waals surface area contributed by atoms with E-state index in [1.807, 2.05) is 13.8 Å². The molecule has 0 aliphatic rings. The fourth-order valence-electron chi connectivity index (χ4n) is 2.35. The van der Waals surface area contributed by atoms with Crippen LogP contribution in [0.2, 0.25) is 0 Å². The zero-order valence-electron chi connectivity index (χ0n) is 16.8. The summed E-state index contributed by atoms with van der Waals surface area (Å²) < 4.78 is 26.4. The van der Waals surface area contributed by atoms with Crippen molar-refractivity contribution >= 4 is 17.7 Å². The second-order valence-electron chi connectivity index (χ2n) is 6.43. The van der Waals surface area contributed by atoms with Crippen LogP contribution in [0.15, 0.2) is 42.1 Å². The number of hydrogen-bond donors (Lipinski definition) is 1. The van der Waals surface area contributed by atoms with Crippen molar-refractivity contribution in [2.75, 3.05) is 18.9 Å². The van der Waals surface area contributed by atoms with E-state index in [4.69, 9.17) is 9.47 Å². The Morgan fingerprint density at radius 2 is 2.17 bits per heavy atom. The van der Waals surface area contributed by atoms with Crippen LogP contribution in [0.5, 0.6) is 5.75 Å². The van der Waals surface area contributed by atoms with Crippen LogP contribution >= 0.6 is 11.8 Å². The number of amides is 1. The minimum absolute atomic E-state index is 0.0599. The molecule has 0 bridgehead atoms. The minimum atomic E-state index is -0.438. The number of ether oxygens (including phenoxy) is 2. The van der Waals surface area contributed by atoms with E-state index in [-0.39, 0.29) is 30.1 Å². The van der Waals surface area contributed by atoms with Crippen molar-refractivity contribution in [3.05, 3.63) is 48.6 Å². The van der Waals surface area contributed by atoms with Gasteiger partial charge in [-0.15, -0.1) is 16.8 Å². The summed E-state index contributed by atoms with van der Waals surface area (Å²) in [6.45, 7) is 9.39. The van der Waals surface area contributed by atoms with Crippen molar-refractivity contribution in [1.82, 2.24) is 20.1 Å². The maximum Gasteiger partial charge on any atom is 0.230 e. The number of allylic oxidation sites excluding steroid dienone is 1. The first-order valence-electron chi connectivity index (χ1n) is 9.42. The van der Waals surface area contributed by atoms with Gasteiger partial charge in [0.15, 0.2) is 22.5 Å². The Morgan fingerprint density at radius 3 is 2.90 bits per heavy atom. The van der Waals surface area contributed by atoms with Crippen LogP contribution < -0.4 is 10.1 Å². The van der Waals surface area contributed by atoms with E-state index in [2.05, 4.69) is 22.1 Å². The van der Waals surface area contributed by atoms with Gasteiger partial charge in [-0.05, 0) is 32.4 Å². The van der Waals surface area contributed by atoms with Crippen molar-refractivity contribution in [3.63, 3.8) is 0 Å². The number of carbonyl (C=O) groups is 1. The van der Waals surface area contributed by atoms with Gasteiger partial charge in [-0.2, -0.15) is 0 Å². The van der Waals surface area contributed by atoms with Crippen molar-refractivity contribution < 1.29 is 18.7 Å². The Hall–Kier alpha value is -2.39. The molecule has 1 amide bonds. The quantitative estimate of drug-likeness (QED) is 0.303. The lowest BCUT2D eigenvalue weighted by atomic mass is 10.3. The average Bonchev–Trinajstić information content (AvgIpc) is 3.07. The number of hydrogen-bond acceptors (Lipinski definition) is 6. The first-order chi connectivity index (χ1) is 14.0. The van der Waals surface area contributed by atoms with E-state index in [1.165, 1.54) is 17.8 Å². The first kappa shape index (κ1) is 22.9. The molecule has 1 aromatic carbocycles. The van der Waals surface area contributed by atoms with Gasteiger partial charge in [0.1, 0.15) is 6.61 Å². The fraction of sp³-hybridized carbons (Fsp3) is 0.450. The monoisotopic (exact) mass is 422 g/mol. The van der Waals surface area contributed by atoms with Crippen LogP contribution in [0, 0.1) is 5.82 Å². The summed E-state index contributed by atoms with van der Waals surface area (Å²) >= 11 is 1.28. The summed E-state index contributed by atoms with van der Waals surface area (Å²) in [5.74, 6) is 0.371. The van der Waals surface area contributed by atoms with E-state index in [9.17, 15) is 9.18 Å². The lowest BCUT2D eigenvalue weighted by molar-refractivity contribution is -0.118. The lowest BCUT2D eigenvalue weighted by Crippen LogP contribution is -2.27. The average molecular weight is 423 g/mol. The van der Waals surface area contributed by atoms with E-state index in [0.717, 1.165) is 6.42 Å². The highest BCUT2D eigenvalue weighted by Crippen LogP contribution is 2.20. The van der Waals surface area contributed by atoms with Crippen molar-refractivity contribution in [1.29, 1.82) is 0 Å². The molecule has 1 N–H and O–H groups in total. The van der Waals surface area contributed by atoms with E-state index in [0.29, 0.717) is 30.7 Å². The summed E-state index contributed by atoms with van der Waals surface area (Å²) in [5, 5.41) is 11.7. The van der Waals surface area contributed by atoms with Crippen LogP contribution in [0.25, 0.3) is 0 Å². The highest BCUT2D eigenvalue weighted by molar-refractivity contribution is 7.99. The molecular weight excluding hydrogens is 395 g/mol. The number of carbonyl (C=O) groups excluding carboxylic acids is 1. The third-order valence-corrected chi connectivity index (χ3v) is 4.69. The third-order valence-electron chi connectivity index (χ3n) is 3.73. The molecule has 9 heteroatoms. The molecule has 0 unspecified atom stereocenters. The molecule has 0 spiro atoms. The van der Waals surface area contributed by atoms with E-state index >= 15 is 0 Å². The van der Waals surface area contributed by atoms with Gasteiger partial charge in [0, 0.05) is 19.7 Å². The number of nitrogens with one attached hydrogen (secondary N) is 1. The SMILES string of the molecule is C=CCn1c(COc2ccccc2F)nnc1SCC(=O)NCCCOC(C)C. The Morgan fingerprint density at radius 1 is 1.38 bits per heavy atom. The van der Waals surface area contributed by atoms with Crippen LogP contribution in [0.3, 0.4) is 0 Å². The minimum Gasteiger partial charge on any atom is -0.483 e. The number of nitrogens with zero attached hydrogens (tertiary/aromatic N) is 3. The summed E-state index contributed by atoms with van der Waals surface area (Å²) in [5.41, 5.74) is 0. The van der Waals surface area contributed by atoms with Gasteiger partial charge < -0.3 is 14.8 Å². The number of rotatable bonds is 13. The third kappa shape index (κ3) is 7.86. The maximum absolute atomic E-state index is 13.7. The van der Waals surface area contributed by atoms with Gasteiger partial charge in [0.2, 0.25) is 5.91 Å². The second kappa shape index (κ2) is 12.2. The Bertz CT molecular complexity index is 798. The predicted molar refractivity (Wildman–Crippen MR) is 110 cm³/mol. The van der Waals surface area contributed by atoms with Crippen molar-refractivity contribution in [2.45, 2.75) is 44.7 Å². The topological polar surface area (TPSA) is 78.3 Å². The molecule has 0 fully saturated rings. The molecule has 0 saturated carbocycles. The van der Waals surface area contributed by atoms with Crippen molar-refractivity contribution in [2.24, 2.45) is 0 Å². The number of aromatic nitrogens is 3. The zero-order chi connectivity index (χ0) is 21.1. The van der Waals surface area contributed by atoms with Gasteiger partial charge in [-0.25, -0.2) is 4.39 Å². The number of thioether (sulfide) groups is 1. The molecule has 1 heterocycles. The van der Waals surface area contributed by atoms with Gasteiger partial charge in [0.05, 0.1) is 11.9 Å². The number of para-hydroxylation sites is 1. The normalized spacial score (nSPS) is 10.9. The molecule has 7 nitrogen and oxygen atoms in total. The highest BCUT2D eigenvalue weighted by atomic mass is 32.2.